The van der Waals surface area contributed by atoms with Crippen LogP contribution < -0.4 is 16.0 Å². The van der Waals surface area contributed by atoms with E-state index >= 15 is 0 Å². The van der Waals surface area contributed by atoms with E-state index in [9.17, 15) is 19.5 Å². The van der Waals surface area contributed by atoms with Crippen LogP contribution in [0.2, 0.25) is 0 Å². The van der Waals surface area contributed by atoms with E-state index in [2.05, 4.69) is 5.43 Å². The second-order valence-electron chi connectivity index (χ2n) is 3.35. The SMILES string of the molecule is O=C([O-])C=CC(=O)NNC(=O)Cc1ccccc1. The second kappa shape index (κ2) is 6.85. The molecule has 0 unspecified atom stereocenters. The molecule has 18 heavy (non-hydrogen) atoms. The number of hydrogen-bond acceptors (Lipinski definition) is 4. The van der Waals surface area contributed by atoms with E-state index in [0.29, 0.717) is 6.08 Å². The van der Waals surface area contributed by atoms with Crippen LogP contribution in [0, 0.1) is 0 Å². The molecule has 0 spiro atoms. The fourth-order valence-electron chi connectivity index (χ4n) is 1.14. The number of rotatable bonds is 4. The third-order valence-electron chi connectivity index (χ3n) is 1.90. The Hall–Kier alpha value is -2.63. The van der Waals surface area contributed by atoms with Gasteiger partial charge < -0.3 is 9.90 Å². The highest BCUT2D eigenvalue weighted by molar-refractivity contribution is 5.94. The Morgan fingerprint density at radius 1 is 1.06 bits per heavy atom. The molecule has 0 saturated heterocycles. The standard InChI is InChI=1S/C12H12N2O4/c15-10(6-7-12(17)18)13-14-11(16)8-9-4-2-1-3-5-9/h1-7H,8H2,(H,13,15)(H,14,16)(H,17,18)/p-1. The quantitative estimate of drug-likeness (QED) is 0.509. The lowest BCUT2D eigenvalue weighted by atomic mass is 10.1. The Morgan fingerprint density at radius 3 is 2.33 bits per heavy atom. The maximum Gasteiger partial charge on any atom is 0.262 e. The number of aliphatic carboxylic acids is 1. The Bertz CT molecular complexity index is 468. The summed E-state index contributed by atoms with van der Waals surface area (Å²) in [5.41, 5.74) is 4.99. The van der Waals surface area contributed by atoms with Crippen molar-refractivity contribution < 1.29 is 19.5 Å². The molecular weight excluding hydrogens is 236 g/mol. The zero-order valence-electron chi connectivity index (χ0n) is 9.38. The van der Waals surface area contributed by atoms with Gasteiger partial charge in [-0.05, 0) is 11.6 Å². The van der Waals surface area contributed by atoms with E-state index in [0.717, 1.165) is 11.6 Å². The van der Waals surface area contributed by atoms with Crippen LogP contribution in [-0.2, 0) is 20.8 Å². The van der Waals surface area contributed by atoms with E-state index in [1.807, 2.05) is 11.5 Å². The Balaban J connectivity index is 2.34. The molecule has 1 rings (SSSR count). The number of benzene rings is 1. The van der Waals surface area contributed by atoms with Crippen molar-refractivity contribution in [2.75, 3.05) is 0 Å². The fourth-order valence-corrected chi connectivity index (χ4v) is 1.14. The predicted octanol–water partition coefficient (Wildman–Crippen LogP) is -1.32. The molecule has 0 radical (unpaired) electrons. The van der Waals surface area contributed by atoms with Gasteiger partial charge in [0.05, 0.1) is 12.4 Å². The summed E-state index contributed by atoms with van der Waals surface area (Å²) in [5, 5.41) is 10.0. The summed E-state index contributed by atoms with van der Waals surface area (Å²) in [5.74, 6) is -2.64. The molecule has 0 aliphatic carbocycles. The molecular formula is C12H11N2O4-. The minimum atomic E-state index is -1.49. The van der Waals surface area contributed by atoms with Gasteiger partial charge >= 0.3 is 0 Å². The van der Waals surface area contributed by atoms with Crippen molar-refractivity contribution in [3.05, 3.63) is 48.0 Å². The van der Waals surface area contributed by atoms with Gasteiger partial charge in [-0.15, -0.1) is 0 Å². The van der Waals surface area contributed by atoms with Crippen LogP contribution in [0.3, 0.4) is 0 Å². The maximum atomic E-state index is 11.4. The molecule has 6 nitrogen and oxygen atoms in total. The molecule has 94 valence electrons. The minimum absolute atomic E-state index is 0.116. The average Bonchev–Trinajstić information content (AvgIpc) is 2.35. The summed E-state index contributed by atoms with van der Waals surface area (Å²) < 4.78 is 0. The summed E-state index contributed by atoms with van der Waals surface area (Å²) >= 11 is 0. The van der Waals surface area contributed by atoms with Crippen molar-refractivity contribution >= 4 is 17.8 Å². The van der Waals surface area contributed by atoms with Crippen LogP contribution >= 0.6 is 0 Å². The van der Waals surface area contributed by atoms with Crippen molar-refractivity contribution in [1.29, 1.82) is 0 Å². The summed E-state index contributed by atoms with van der Waals surface area (Å²) in [6, 6.07) is 8.97. The molecule has 2 N–H and O–H groups in total. The minimum Gasteiger partial charge on any atom is -0.545 e. The second-order valence-corrected chi connectivity index (χ2v) is 3.35. The molecule has 0 heterocycles. The number of amides is 2. The van der Waals surface area contributed by atoms with E-state index in [1.54, 1.807) is 24.3 Å². The number of hydrazine groups is 1. The fraction of sp³-hybridized carbons (Fsp3) is 0.0833. The van der Waals surface area contributed by atoms with Gasteiger partial charge in [0.2, 0.25) is 5.91 Å². The van der Waals surface area contributed by atoms with E-state index in [4.69, 9.17) is 0 Å². The predicted molar refractivity (Wildman–Crippen MR) is 60.6 cm³/mol. The van der Waals surface area contributed by atoms with Gasteiger partial charge in [0.1, 0.15) is 0 Å². The number of carboxylic acids is 1. The lowest BCUT2D eigenvalue weighted by Crippen LogP contribution is -2.41. The van der Waals surface area contributed by atoms with Gasteiger partial charge in [0.15, 0.2) is 0 Å². The van der Waals surface area contributed by atoms with Crippen LogP contribution in [-0.4, -0.2) is 17.8 Å². The molecule has 0 saturated carbocycles. The zero-order valence-corrected chi connectivity index (χ0v) is 9.38. The largest absolute Gasteiger partial charge is 0.545 e. The van der Waals surface area contributed by atoms with Gasteiger partial charge in [-0.1, -0.05) is 30.3 Å². The molecule has 2 amide bonds. The normalized spacial score (nSPS) is 10.0. The van der Waals surface area contributed by atoms with Crippen LogP contribution in [0.15, 0.2) is 42.5 Å². The first-order chi connectivity index (χ1) is 8.58. The molecule has 1 aromatic carbocycles. The number of hydrogen-bond donors (Lipinski definition) is 2. The van der Waals surface area contributed by atoms with Crippen LogP contribution in [0.4, 0.5) is 0 Å². The Labute approximate surface area is 103 Å². The highest BCUT2D eigenvalue weighted by Crippen LogP contribution is 1.98. The lowest BCUT2D eigenvalue weighted by molar-refractivity contribution is -0.297. The topological polar surface area (TPSA) is 98.3 Å². The van der Waals surface area contributed by atoms with E-state index < -0.39 is 17.8 Å². The smallest absolute Gasteiger partial charge is 0.262 e. The van der Waals surface area contributed by atoms with Gasteiger partial charge in [-0.3, -0.25) is 20.4 Å². The third-order valence-corrected chi connectivity index (χ3v) is 1.90. The first-order valence-electron chi connectivity index (χ1n) is 5.09. The summed E-state index contributed by atoms with van der Waals surface area (Å²) in [6.45, 7) is 0. The molecule has 6 heteroatoms. The van der Waals surface area contributed by atoms with Gasteiger partial charge in [-0.2, -0.15) is 0 Å². The van der Waals surface area contributed by atoms with E-state index in [1.165, 1.54) is 0 Å². The third kappa shape index (κ3) is 5.45. The molecule has 0 aliphatic rings. The highest BCUT2D eigenvalue weighted by atomic mass is 16.4. The van der Waals surface area contributed by atoms with Crippen molar-refractivity contribution in [2.24, 2.45) is 0 Å². The number of carbonyl (C=O) groups excluding carboxylic acids is 3. The van der Waals surface area contributed by atoms with Gasteiger partial charge in [0.25, 0.3) is 5.91 Å². The van der Waals surface area contributed by atoms with Crippen LogP contribution in [0.25, 0.3) is 0 Å². The van der Waals surface area contributed by atoms with Crippen molar-refractivity contribution in [2.45, 2.75) is 6.42 Å². The first kappa shape index (κ1) is 13.4. The van der Waals surface area contributed by atoms with Gasteiger partial charge in [-0.25, -0.2) is 0 Å². The zero-order chi connectivity index (χ0) is 13.4. The molecule has 0 fully saturated rings. The maximum absolute atomic E-state index is 11.4. The van der Waals surface area contributed by atoms with E-state index in [-0.39, 0.29) is 6.42 Å². The highest BCUT2D eigenvalue weighted by Gasteiger charge is 2.03. The molecule has 0 bridgehead atoms. The number of carbonyl (C=O) groups is 3. The van der Waals surface area contributed by atoms with Crippen molar-refractivity contribution in [3.8, 4) is 0 Å². The summed E-state index contributed by atoms with van der Waals surface area (Å²) in [6.07, 6.45) is 1.43. The average molecular weight is 247 g/mol. The first-order valence-corrected chi connectivity index (χ1v) is 5.09. The lowest BCUT2D eigenvalue weighted by Gasteiger charge is -2.05. The summed E-state index contributed by atoms with van der Waals surface area (Å²) in [7, 11) is 0. The molecule has 0 atom stereocenters. The van der Waals surface area contributed by atoms with Crippen LogP contribution in [0.5, 0.6) is 0 Å². The monoisotopic (exact) mass is 247 g/mol. The summed E-state index contributed by atoms with van der Waals surface area (Å²) in [4.78, 5) is 32.4. The number of nitrogens with one attached hydrogen (secondary N) is 2. The Morgan fingerprint density at radius 2 is 1.72 bits per heavy atom. The van der Waals surface area contributed by atoms with Crippen LogP contribution in [0.1, 0.15) is 5.56 Å². The molecule has 0 aliphatic heterocycles. The Kier molecular flexibility index (Phi) is 5.11. The number of carboxylic acid groups (broad SMARTS) is 1. The molecule has 0 aromatic heterocycles. The van der Waals surface area contributed by atoms with Crippen molar-refractivity contribution in [3.63, 3.8) is 0 Å². The molecule has 1 aromatic rings. The van der Waals surface area contributed by atoms with Crippen molar-refractivity contribution in [1.82, 2.24) is 10.9 Å². The van der Waals surface area contributed by atoms with Gasteiger partial charge in [0, 0.05) is 6.08 Å².